The van der Waals surface area contributed by atoms with Crippen molar-refractivity contribution in [2.24, 2.45) is 5.73 Å². The molecule has 0 aliphatic carbocycles. The van der Waals surface area contributed by atoms with Crippen molar-refractivity contribution in [1.29, 1.82) is 5.41 Å². The van der Waals surface area contributed by atoms with Gasteiger partial charge < -0.3 is 15.0 Å². The quantitative estimate of drug-likeness (QED) is 0.535. The summed E-state index contributed by atoms with van der Waals surface area (Å²) in [4.78, 5) is 17.8. The van der Waals surface area contributed by atoms with Gasteiger partial charge in [-0.1, -0.05) is 18.3 Å². The maximum atomic E-state index is 13.0. The van der Waals surface area contributed by atoms with Crippen molar-refractivity contribution in [3.8, 4) is 0 Å². The van der Waals surface area contributed by atoms with Crippen LogP contribution in [0.2, 0.25) is 0 Å². The number of nitrogens with zero attached hydrogens (tertiary/aromatic N) is 3. The van der Waals surface area contributed by atoms with Crippen molar-refractivity contribution in [3.05, 3.63) is 51.4 Å². The van der Waals surface area contributed by atoms with Crippen LogP contribution in [0.4, 0.5) is 0 Å². The maximum Gasteiger partial charge on any atom is 0.267 e. The molecule has 134 valence electrons. The summed E-state index contributed by atoms with van der Waals surface area (Å²) in [7, 11) is 0. The van der Waals surface area contributed by atoms with E-state index in [1.807, 2.05) is 19.1 Å². The zero-order valence-corrected chi connectivity index (χ0v) is 15.2. The average molecular weight is 369 g/mol. The number of hydrogen-bond acceptors (Lipinski definition) is 5. The summed E-state index contributed by atoms with van der Waals surface area (Å²) in [5.74, 6) is 0. The fourth-order valence-electron chi connectivity index (χ4n) is 3.45. The molecule has 0 amide bonds. The van der Waals surface area contributed by atoms with Gasteiger partial charge in [0.1, 0.15) is 21.8 Å². The first-order valence-corrected chi connectivity index (χ1v) is 8.89. The summed E-state index contributed by atoms with van der Waals surface area (Å²) in [6.07, 6.45) is 3.59. The Morgan fingerprint density at radius 3 is 3.00 bits per heavy atom. The number of hydrogen-bond donors (Lipinski definition) is 2. The van der Waals surface area contributed by atoms with Crippen molar-refractivity contribution in [3.63, 3.8) is 0 Å². The maximum absolute atomic E-state index is 13.0. The van der Waals surface area contributed by atoms with Crippen LogP contribution in [0.15, 0.2) is 29.2 Å². The number of aryl methyl sites for hydroxylation is 1. The van der Waals surface area contributed by atoms with Gasteiger partial charge in [0.2, 0.25) is 0 Å². The number of thiocarbonyl (C=S) groups is 1. The molecule has 1 saturated heterocycles. The largest absolute Gasteiger partial charge is 0.389 e. The van der Waals surface area contributed by atoms with Crippen LogP contribution in [0.1, 0.15) is 24.0 Å². The van der Waals surface area contributed by atoms with Gasteiger partial charge in [-0.3, -0.25) is 14.6 Å². The van der Waals surface area contributed by atoms with Crippen molar-refractivity contribution < 1.29 is 4.74 Å². The molecule has 0 saturated carbocycles. The standard InChI is InChI=1S/C18H19N5O2S/c1-10-4-2-6-22-16(10)21-17-13(18(22)24)8-12(15(20)26)14(19)23(17)9-11-5-3-7-25-11/h2,4,6,8,11,19H,3,5,7,9H2,1H3,(H2,20,26)/t11-/m1/s1. The normalized spacial score (nSPS) is 17.2. The highest BCUT2D eigenvalue weighted by molar-refractivity contribution is 7.80. The van der Waals surface area contributed by atoms with Gasteiger partial charge in [0.05, 0.1) is 23.6 Å². The minimum Gasteiger partial charge on any atom is -0.389 e. The minimum absolute atomic E-state index is 0.00832. The van der Waals surface area contributed by atoms with Crippen LogP contribution in [0.5, 0.6) is 0 Å². The van der Waals surface area contributed by atoms with Gasteiger partial charge in [0.15, 0.2) is 0 Å². The minimum atomic E-state index is -0.202. The lowest BCUT2D eigenvalue weighted by atomic mass is 10.2. The highest BCUT2D eigenvalue weighted by atomic mass is 32.1. The summed E-state index contributed by atoms with van der Waals surface area (Å²) in [5.41, 5.74) is 8.06. The smallest absolute Gasteiger partial charge is 0.267 e. The molecule has 4 heterocycles. The Morgan fingerprint density at radius 1 is 1.50 bits per heavy atom. The van der Waals surface area contributed by atoms with Gasteiger partial charge >= 0.3 is 0 Å². The molecule has 1 atom stereocenters. The van der Waals surface area contributed by atoms with Crippen LogP contribution in [0.25, 0.3) is 16.7 Å². The highest BCUT2D eigenvalue weighted by Gasteiger charge is 2.20. The third kappa shape index (κ3) is 2.62. The van der Waals surface area contributed by atoms with E-state index < -0.39 is 0 Å². The molecule has 3 aromatic heterocycles. The van der Waals surface area contributed by atoms with Gasteiger partial charge in [0, 0.05) is 12.8 Å². The first-order valence-electron chi connectivity index (χ1n) is 8.49. The Balaban J connectivity index is 2.11. The van der Waals surface area contributed by atoms with Crippen molar-refractivity contribution >= 4 is 33.9 Å². The van der Waals surface area contributed by atoms with E-state index >= 15 is 0 Å². The van der Waals surface area contributed by atoms with E-state index in [-0.39, 0.29) is 22.1 Å². The van der Waals surface area contributed by atoms with Crippen LogP contribution in [0, 0.1) is 12.3 Å². The molecule has 3 N–H and O–H groups in total. The van der Waals surface area contributed by atoms with Gasteiger partial charge in [-0.2, -0.15) is 0 Å². The number of aromatic nitrogens is 3. The van der Waals surface area contributed by atoms with Crippen LogP contribution >= 0.6 is 12.2 Å². The number of nitrogens with one attached hydrogen (secondary N) is 1. The Labute approximate surface area is 154 Å². The highest BCUT2D eigenvalue weighted by Crippen LogP contribution is 2.17. The number of nitrogens with two attached hydrogens (primary N) is 1. The summed E-state index contributed by atoms with van der Waals surface area (Å²) in [6.45, 7) is 3.06. The third-order valence-electron chi connectivity index (χ3n) is 4.81. The number of rotatable bonds is 3. The molecular weight excluding hydrogens is 350 g/mol. The zero-order chi connectivity index (χ0) is 18.4. The molecule has 0 spiro atoms. The van der Waals surface area contributed by atoms with Gasteiger partial charge in [-0.15, -0.1) is 0 Å². The van der Waals surface area contributed by atoms with Crippen molar-refractivity contribution in [2.45, 2.75) is 32.4 Å². The van der Waals surface area contributed by atoms with Crippen LogP contribution < -0.4 is 16.8 Å². The number of ether oxygens (including phenoxy) is 1. The first kappa shape index (κ1) is 16.9. The van der Waals surface area contributed by atoms with Crippen molar-refractivity contribution in [1.82, 2.24) is 14.0 Å². The van der Waals surface area contributed by atoms with Gasteiger partial charge in [-0.05, 0) is 37.5 Å². The molecule has 1 aliphatic heterocycles. The molecule has 4 rings (SSSR count). The second-order valence-corrected chi connectivity index (χ2v) is 7.00. The molecule has 26 heavy (non-hydrogen) atoms. The van der Waals surface area contributed by atoms with E-state index in [1.165, 1.54) is 4.40 Å². The second-order valence-electron chi connectivity index (χ2n) is 6.56. The summed E-state index contributed by atoms with van der Waals surface area (Å²) < 4.78 is 8.94. The number of pyridine rings is 2. The molecule has 7 nitrogen and oxygen atoms in total. The molecule has 1 fully saturated rings. The predicted octanol–water partition coefficient (Wildman–Crippen LogP) is 1.25. The third-order valence-corrected chi connectivity index (χ3v) is 5.03. The van der Waals surface area contributed by atoms with Crippen molar-refractivity contribution in [2.75, 3.05) is 6.61 Å². The van der Waals surface area contributed by atoms with Crippen LogP contribution in [-0.2, 0) is 11.3 Å². The topological polar surface area (TPSA) is 98.4 Å². The SMILES string of the molecule is Cc1cccn2c(=O)c3cc(C(N)=S)c(=N)n(C[C@H]4CCCO4)c3nc12. The lowest BCUT2D eigenvalue weighted by Gasteiger charge is -2.17. The summed E-state index contributed by atoms with van der Waals surface area (Å²) in [6, 6.07) is 5.30. The fourth-order valence-corrected chi connectivity index (χ4v) is 3.61. The van der Waals surface area contributed by atoms with E-state index in [4.69, 9.17) is 33.1 Å². The van der Waals surface area contributed by atoms with Crippen LogP contribution in [0.3, 0.4) is 0 Å². The van der Waals surface area contributed by atoms with E-state index in [0.717, 1.165) is 18.4 Å². The van der Waals surface area contributed by atoms with E-state index in [1.54, 1.807) is 16.8 Å². The van der Waals surface area contributed by atoms with Gasteiger partial charge in [0.25, 0.3) is 5.56 Å². The summed E-state index contributed by atoms with van der Waals surface area (Å²) >= 11 is 5.10. The monoisotopic (exact) mass is 369 g/mol. The number of fused-ring (bicyclic) bond motifs is 2. The Hall–Kier alpha value is -2.58. The molecule has 1 aliphatic rings. The zero-order valence-electron chi connectivity index (χ0n) is 14.4. The Kier molecular flexibility index (Phi) is 4.08. The van der Waals surface area contributed by atoms with E-state index in [0.29, 0.717) is 35.4 Å². The lowest BCUT2D eigenvalue weighted by Crippen LogP contribution is -2.34. The fraction of sp³-hybridized carbons (Fsp3) is 0.333. The first-order chi connectivity index (χ1) is 12.5. The summed E-state index contributed by atoms with van der Waals surface area (Å²) in [5, 5.41) is 8.94. The Morgan fingerprint density at radius 2 is 2.31 bits per heavy atom. The van der Waals surface area contributed by atoms with E-state index in [9.17, 15) is 4.79 Å². The second kappa shape index (κ2) is 6.30. The molecule has 0 unspecified atom stereocenters. The lowest BCUT2D eigenvalue weighted by molar-refractivity contribution is 0.0968. The van der Waals surface area contributed by atoms with E-state index in [2.05, 4.69) is 0 Å². The molecular formula is C18H19N5O2S. The molecule has 8 heteroatoms. The predicted molar refractivity (Wildman–Crippen MR) is 102 cm³/mol. The molecule has 0 radical (unpaired) electrons. The average Bonchev–Trinajstić information content (AvgIpc) is 3.11. The Bertz CT molecular complexity index is 1160. The molecule has 0 bridgehead atoms. The van der Waals surface area contributed by atoms with Crippen LogP contribution in [-0.4, -0.2) is 31.7 Å². The van der Waals surface area contributed by atoms with Gasteiger partial charge in [-0.25, -0.2) is 4.98 Å². The molecule has 0 aromatic carbocycles. The molecule has 3 aromatic rings.